The Balaban J connectivity index is 1.43. The fourth-order valence-corrected chi connectivity index (χ4v) is 6.28. The fourth-order valence-electron chi connectivity index (χ4n) is 6.28. The minimum atomic E-state index is -0.590. The zero-order valence-electron chi connectivity index (χ0n) is 18.5. The molecular formula is C27H28O5. The Hall–Kier alpha value is -2.95. The summed E-state index contributed by atoms with van der Waals surface area (Å²) in [6, 6.07) is 14.7. The molecule has 3 saturated carbocycles. The van der Waals surface area contributed by atoms with Crippen LogP contribution in [-0.4, -0.2) is 29.9 Å². The molecule has 5 nitrogen and oxygen atoms in total. The van der Waals surface area contributed by atoms with Crippen LogP contribution in [0.4, 0.5) is 0 Å². The molecule has 2 aromatic rings. The summed E-state index contributed by atoms with van der Waals surface area (Å²) in [5.41, 5.74) is 2.83. The summed E-state index contributed by atoms with van der Waals surface area (Å²) in [6.07, 6.45) is 1.79. The van der Waals surface area contributed by atoms with Crippen molar-refractivity contribution in [3.63, 3.8) is 0 Å². The number of Topliss-reactive ketones (excluding diaryl/α,β-unsaturated/α-hetero) is 1. The molecule has 0 aromatic heterocycles. The number of rotatable bonds is 5. The van der Waals surface area contributed by atoms with Gasteiger partial charge in [-0.25, -0.2) is 9.59 Å². The summed E-state index contributed by atoms with van der Waals surface area (Å²) in [6.45, 7) is 3.87. The van der Waals surface area contributed by atoms with Crippen LogP contribution >= 0.6 is 0 Å². The molecule has 0 spiro atoms. The second-order valence-corrected chi connectivity index (χ2v) is 9.32. The number of hydrogen-bond acceptors (Lipinski definition) is 5. The third-order valence-electron chi connectivity index (χ3n) is 7.75. The van der Waals surface area contributed by atoms with Crippen LogP contribution in [0.2, 0.25) is 0 Å². The van der Waals surface area contributed by atoms with Gasteiger partial charge in [-0.2, -0.15) is 0 Å². The largest absolute Gasteiger partial charge is 0.454 e. The summed E-state index contributed by atoms with van der Waals surface area (Å²) in [5.74, 6) is -0.403. The van der Waals surface area contributed by atoms with Gasteiger partial charge in [0.2, 0.25) is 0 Å². The normalized spacial score (nSPS) is 30.2. The van der Waals surface area contributed by atoms with E-state index in [1.54, 1.807) is 18.2 Å². The Morgan fingerprint density at radius 1 is 0.875 bits per heavy atom. The van der Waals surface area contributed by atoms with Gasteiger partial charge in [0.05, 0.1) is 11.1 Å². The number of ketones is 1. The van der Waals surface area contributed by atoms with Crippen LogP contribution in [0.3, 0.4) is 0 Å². The Bertz CT molecular complexity index is 1070. The van der Waals surface area contributed by atoms with Crippen molar-refractivity contribution in [3.05, 3.63) is 70.8 Å². The minimum absolute atomic E-state index is 0.0591. The SMILES string of the molecule is CCc1ccccc1C(=O)OC1C2CC(C1OC(=O)c1ccccc1C)C1C(=O)CCC21. The molecule has 3 aliphatic carbocycles. The molecule has 32 heavy (non-hydrogen) atoms. The van der Waals surface area contributed by atoms with Gasteiger partial charge in [-0.05, 0) is 55.4 Å². The van der Waals surface area contributed by atoms with Crippen LogP contribution in [0, 0.1) is 30.6 Å². The van der Waals surface area contributed by atoms with Crippen LogP contribution in [0.5, 0.6) is 0 Å². The highest BCUT2D eigenvalue weighted by atomic mass is 16.6. The number of carbonyl (C=O) groups excluding carboxylic acids is 3. The van der Waals surface area contributed by atoms with Crippen LogP contribution in [0.15, 0.2) is 48.5 Å². The van der Waals surface area contributed by atoms with Gasteiger partial charge in [0.1, 0.15) is 18.0 Å². The van der Waals surface area contributed by atoms with Crippen molar-refractivity contribution >= 4 is 17.7 Å². The lowest BCUT2D eigenvalue weighted by Crippen LogP contribution is -2.46. The maximum absolute atomic E-state index is 13.1. The Labute approximate surface area is 188 Å². The first kappa shape index (κ1) is 20.9. The predicted molar refractivity (Wildman–Crippen MR) is 118 cm³/mol. The molecule has 6 unspecified atom stereocenters. The van der Waals surface area contributed by atoms with Crippen LogP contribution in [-0.2, 0) is 20.7 Å². The molecule has 5 rings (SSSR count). The second kappa shape index (κ2) is 8.19. The highest BCUT2D eigenvalue weighted by Gasteiger charge is 2.64. The summed E-state index contributed by atoms with van der Waals surface area (Å²) in [5, 5.41) is 0. The first-order valence-corrected chi connectivity index (χ1v) is 11.6. The monoisotopic (exact) mass is 432 g/mol. The van der Waals surface area contributed by atoms with Crippen molar-refractivity contribution in [1.29, 1.82) is 0 Å². The predicted octanol–water partition coefficient (Wildman–Crippen LogP) is 4.55. The summed E-state index contributed by atoms with van der Waals surface area (Å²) >= 11 is 0. The van der Waals surface area contributed by atoms with Gasteiger partial charge in [-0.3, -0.25) is 4.79 Å². The topological polar surface area (TPSA) is 69.7 Å². The number of fused-ring (bicyclic) bond motifs is 5. The quantitative estimate of drug-likeness (QED) is 0.648. The fraction of sp³-hybridized carbons (Fsp3) is 0.444. The molecule has 2 bridgehead atoms. The number of esters is 2. The lowest BCUT2D eigenvalue weighted by Gasteiger charge is -2.36. The van der Waals surface area contributed by atoms with Gasteiger partial charge >= 0.3 is 11.9 Å². The lowest BCUT2D eigenvalue weighted by molar-refractivity contribution is -0.127. The molecule has 3 fully saturated rings. The Morgan fingerprint density at radius 2 is 1.50 bits per heavy atom. The van der Waals surface area contributed by atoms with Gasteiger partial charge in [-0.15, -0.1) is 0 Å². The van der Waals surface area contributed by atoms with Crippen molar-refractivity contribution in [2.45, 2.75) is 51.7 Å². The average molecular weight is 433 g/mol. The van der Waals surface area contributed by atoms with Crippen molar-refractivity contribution in [1.82, 2.24) is 0 Å². The standard InChI is InChI=1S/C27H28O5/c1-3-16-9-5-7-11-18(16)27(30)31-24-20-14-21(23-19(20)12-13-22(23)28)25(24)32-26(29)17-10-6-4-8-15(17)2/h4-11,19-21,23-25H,3,12-14H2,1-2H3. The highest BCUT2D eigenvalue weighted by molar-refractivity contribution is 5.92. The lowest BCUT2D eigenvalue weighted by atomic mass is 9.78. The zero-order chi connectivity index (χ0) is 22.4. The summed E-state index contributed by atoms with van der Waals surface area (Å²) < 4.78 is 12.1. The molecule has 0 radical (unpaired) electrons. The van der Waals surface area contributed by atoms with E-state index in [0.717, 1.165) is 30.4 Å². The number of hydrogen-bond donors (Lipinski definition) is 0. The van der Waals surface area contributed by atoms with E-state index in [-0.39, 0.29) is 35.4 Å². The van der Waals surface area contributed by atoms with Crippen molar-refractivity contribution in [2.75, 3.05) is 0 Å². The van der Waals surface area contributed by atoms with Crippen LogP contribution in [0.25, 0.3) is 0 Å². The first-order valence-electron chi connectivity index (χ1n) is 11.6. The van der Waals surface area contributed by atoms with Crippen LogP contribution in [0.1, 0.15) is 58.0 Å². The molecule has 6 atom stereocenters. The molecule has 0 amide bonds. The van der Waals surface area contributed by atoms with E-state index in [9.17, 15) is 14.4 Å². The zero-order valence-corrected chi connectivity index (χ0v) is 18.5. The van der Waals surface area contributed by atoms with Gasteiger partial charge in [-0.1, -0.05) is 43.3 Å². The molecule has 0 saturated heterocycles. The molecule has 0 N–H and O–H groups in total. The highest BCUT2D eigenvalue weighted by Crippen LogP contribution is 2.59. The molecule has 2 aromatic carbocycles. The molecule has 3 aliphatic rings. The Morgan fingerprint density at radius 3 is 2.22 bits per heavy atom. The van der Waals surface area contributed by atoms with Crippen molar-refractivity contribution in [3.8, 4) is 0 Å². The van der Waals surface area contributed by atoms with E-state index in [1.165, 1.54) is 0 Å². The molecule has 166 valence electrons. The Kier molecular flexibility index (Phi) is 5.36. The van der Waals surface area contributed by atoms with E-state index in [4.69, 9.17) is 9.47 Å². The third-order valence-corrected chi connectivity index (χ3v) is 7.75. The molecule has 0 heterocycles. The maximum atomic E-state index is 13.1. The minimum Gasteiger partial charge on any atom is -0.454 e. The molecule has 0 aliphatic heterocycles. The first-order chi connectivity index (χ1) is 15.5. The van der Waals surface area contributed by atoms with Gasteiger partial charge < -0.3 is 9.47 Å². The smallest absolute Gasteiger partial charge is 0.338 e. The van der Waals surface area contributed by atoms with E-state index < -0.39 is 18.2 Å². The average Bonchev–Trinajstić information content (AvgIpc) is 3.46. The third kappa shape index (κ3) is 3.35. The van der Waals surface area contributed by atoms with Crippen molar-refractivity contribution < 1.29 is 23.9 Å². The van der Waals surface area contributed by atoms with Gasteiger partial charge in [0.25, 0.3) is 0 Å². The van der Waals surface area contributed by atoms with Crippen molar-refractivity contribution in [2.24, 2.45) is 23.7 Å². The number of ether oxygens (including phenoxy) is 2. The summed E-state index contributed by atoms with van der Waals surface area (Å²) in [4.78, 5) is 38.8. The number of benzene rings is 2. The van der Waals surface area contributed by atoms with Gasteiger partial charge in [0, 0.05) is 24.2 Å². The maximum Gasteiger partial charge on any atom is 0.338 e. The van der Waals surface area contributed by atoms with Gasteiger partial charge in [0.15, 0.2) is 0 Å². The molecular weight excluding hydrogens is 404 g/mol. The second-order valence-electron chi connectivity index (χ2n) is 9.32. The summed E-state index contributed by atoms with van der Waals surface area (Å²) in [7, 11) is 0. The van der Waals surface area contributed by atoms with E-state index in [0.29, 0.717) is 17.5 Å². The van der Waals surface area contributed by atoms with E-state index in [2.05, 4.69) is 0 Å². The number of carbonyl (C=O) groups is 3. The van der Waals surface area contributed by atoms with E-state index >= 15 is 0 Å². The number of aryl methyl sites for hydroxylation is 2. The molecule has 5 heteroatoms. The van der Waals surface area contributed by atoms with E-state index in [1.807, 2.05) is 44.2 Å². The van der Waals surface area contributed by atoms with Crippen LogP contribution < -0.4 is 0 Å².